The average Bonchev–Trinajstić information content (AvgIpc) is 2.74. The molecule has 1 fully saturated rings. The Kier molecular flexibility index (Phi) is 3.21. The molecular weight excluding hydrogens is 208 g/mol. The molecule has 1 heterocycles. The van der Waals surface area contributed by atoms with Crippen LogP contribution in [0.3, 0.4) is 0 Å². The summed E-state index contributed by atoms with van der Waals surface area (Å²) in [6.45, 7) is 2.00. The minimum absolute atomic E-state index is 0.135. The van der Waals surface area contributed by atoms with Crippen molar-refractivity contribution in [3.8, 4) is 0 Å². The van der Waals surface area contributed by atoms with Gasteiger partial charge in [-0.15, -0.1) is 0 Å². The first-order valence-electron chi connectivity index (χ1n) is 5.60. The molecule has 0 aromatic carbocycles. The number of hydrogen-bond donors (Lipinski definition) is 2. The van der Waals surface area contributed by atoms with E-state index < -0.39 is 0 Å². The standard InChI is InChI=1S/C10H18N4S/c1-7(11)6-9-12-13-10(15)14(9)8-4-2-3-5-8/h7-8H,2-6,11H2,1H3,(H,13,15). The Morgan fingerprint density at radius 3 is 2.87 bits per heavy atom. The number of nitrogens with one attached hydrogen (secondary N) is 1. The fourth-order valence-corrected chi connectivity index (χ4v) is 2.61. The van der Waals surface area contributed by atoms with Crippen molar-refractivity contribution in [1.82, 2.24) is 14.8 Å². The normalized spacial score (nSPS) is 19.6. The number of nitrogens with zero attached hydrogens (tertiary/aromatic N) is 2. The van der Waals surface area contributed by atoms with E-state index in [0.29, 0.717) is 6.04 Å². The zero-order chi connectivity index (χ0) is 10.8. The van der Waals surface area contributed by atoms with E-state index in [0.717, 1.165) is 17.0 Å². The van der Waals surface area contributed by atoms with Gasteiger partial charge in [0.15, 0.2) is 4.77 Å². The average molecular weight is 226 g/mol. The molecule has 15 heavy (non-hydrogen) atoms. The van der Waals surface area contributed by atoms with Crippen LogP contribution in [0.4, 0.5) is 0 Å². The molecule has 0 bridgehead atoms. The van der Waals surface area contributed by atoms with Gasteiger partial charge in [-0.2, -0.15) is 5.10 Å². The van der Waals surface area contributed by atoms with E-state index in [1.165, 1.54) is 25.7 Å². The number of rotatable bonds is 3. The van der Waals surface area contributed by atoms with E-state index >= 15 is 0 Å². The van der Waals surface area contributed by atoms with E-state index in [4.69, 9.17) is 18.0 Å². The molecule has 2 rings (SSSR count). The molecule has 1 aliphatic rings. The summed E-state index contributed by atoms with van der Waals surface area (Å²) in [4.78, 5) is 0. The summed E-state index contributed by atoms with van der Waals surface area (Å²) in [5, 5.41) is 7.15. The summed E-state index contributed by atoms with van der Waals surface area (Å²) in [6, 6.07) is 0.681. The lowest BCUT2D eigenvalue weighted by atomic mass is 10.2. The first-order valence-corrected chi connectivity index (χ1v) is 6.00. The van der Waals surface area contributed by atoms with Crippen LogP contribution in [0.5, 0.6) is 0 Å². The molecular formula is C10H18N4S. The molecule has 1 aliphatic carbocycles. The highest BCUT2D eigenvalue weighted by atomic mass is 32.1. The van der Waals surface area contributed by atoms with Gasteiger partial charge in [0.2, 0.25) is 0 Å². The van der Waals surface area contributed by atoms with Crippen molar-refractivity contribution < 1.29 is 0 Å². The van der Waals surface area contributed by atoms with Crippen molar-refractivity contribution in [1.29, 1.82) is 0 Å². The molecule has 1 saturated carbocycles. The van der Waals surface area contributed by atoms with Crippen LogP contribution in [0.25, 0.3) is 0 Å². The molecule has 0 aliphatic heterocycles. The first kappa shape index (κ1) is 10.8. The number of hydrogen-bond acceptors (Lipinski definition) is 3. The maximum Gasteiger partial charge on any atom is 0.195 e. The molecule has 0 radical (unpaired) electrons. The number of aromatic amines is 1. The van der Waals surface area contributed by atoms with Crippen LogP contribution in [0.1, 0.15) is 44.5 Å². The summed E-state index contributed by atoms with van der Waals surface area (Å²) in [7, 11) is 0. The van der Waals surface area contributed by atoms with Crippen LogP contribution in [0.15, 0.2) is 0 Å². The van der Waals surface area contributed by atoms with Gasteiger partial charge in [-0.1, -0.05) is 12.8 Å². The monoisotopic (exact) mass is 226 g/mol. The zero-order valence-electron chi connectivity index (χ0n) is 9.07. The van der Waals surface area contributed by atoms with Crippen molar-refractivity contribution in [2.45, 2.75) is 51.1 Å². The van der Waals surface area contributed by atoms with Gasteiger partial charge in [-0.3, -0.25) is 5.10 Å². The summed E-state index contributed by atoms with van der Waals surface area (Å²) >= 11 is 5.27. The third kappa shape index (κ3) is 2.29. The molecule has 84 valence electrons. The summed E-state index contributed by atoms with van der Waals surface area (Å²) in [5.74, 6) is 1.02. The molecule has 4 nitrogen and oxygen atoms in total. The molecule has 0 saturated heterocycles. The summed E-state index contributed by atoms with van der Waals surface area (Å²) < 4.78 is 2.92. The van der Waals surface area contributed by atoms with Crippen LogP contribution >= 0.6 is 12.2 Å². The molecule has 3 N–H and O–H groups in total. The van der Waals surface area contributed by atoms with Gasteiger partial charge in [-0.25, -0.2) is 0 Å². The third-order valence-electron chi connectivity index (χ3n) is 2.97. The van der Waals surface area contributed by atoms with Crippen molar-refractivity contribution in [3.05, 3.63) is 10.6 Å². The SMILES string of the molecule is CC(N)Cc1n[nH]c(=S)n1C1CCCC1. The van der Waals surface area contributed by atoms with Crippen LogP contribution in [-0.4, -0.2) is 20.8 Å². The topological polar surface area (TPSA) is 59.6 Å². The van der Waals surface area contributed by atoms with Crippen molar-refractivity contribution in [2.24, 2.45) is 5.73 Å². The Bertz CT molecular complexity index is 373. The summed E-state index contributed by atoms with van der Waals surface area (Å²) in [5.41, 5.74) is 5.80. The second-order valence-electron chi connectivity index (χ2n) is 4.43. The second-order valence-corrected chi connectivity index (χ2v) is 4.82. The largest absolute Gasteiger partial charge is 0.328 e. The van der Waals surface area contributed by atoms with Crippen LogP contribution in [0.2, 0.25) is 0 Å². The van der Waals surface area contributed by atoms with Gasteiger partial charge in [0, 0.05) is 18.5 Å². The van der Waals surface area contributed by atoms with Gasteiger partial charge in [0.1, 0.15) is 5.82 Å². The molecule has 5 heteroatoms. The van der Waals surface area contributed by atoms with Gasteiger partial charge < -0.3 is 10.3 Å². The van der Waals surface area contributed by atoms with Gasteiger partial charge >= 0.3 is 0 Å². The lowest BCUT2D eigenvalue weighted by molar-refractivity contribution is 0.484. The predicted octanol–water partition coefficient (Wildman–Crippen LogP) is 1.95. The number of aromatic nitrogens is 3. The molecule has 0 spiro atoms. The lowest BCUT2D eigenvalue weighted by Gasteiger charge is -2.14. The lowest BCUT2D eigenvalue weighted by Crippen LogP contribution is -2.21. The summed E-state index contributed by atoms with van der Waals surface area (Å²) in [6.07, 6.45) is 5.84. The van der Waals surface area contributed by atoms with Gasteiger partial charge in [0.25, 0.3) is 0 Å². The van der Waals surface area contributed by atoms with Crippen molar-refractivity contribution >= 4 is 12.2 Å². The Hall–Kier alpha value is -0.680. The predicted molar refractivity (Wildman–Crippen MR) is 62.3 cm³/mol. The highest BCUT2D eigenvalue weighted by Gasteiger charge is 2.21. The van der Waals surface area contributed by atoms with Crippen LogP contribution in [0, 0.1) is 4.77 Å². The van der Waals surface area contributed by atoms with Crippen LogP contribution in [-0.2, 0) is 6.42 Å². The number of H-pyrrole nitrogens is 1. The van der Waals surface area contributed by atoms with E-state index in [-0.39, 0.29) is 6.04 Å². The first-order chi connectivity index (χ1) is 7.18. The van der Waals surface area contributed by atoms with E-state index in [1.807, 2.05) is 6.92 Å². The Labute approximate surface area is 94.9 Å². The van der Waals surface area contributed by atoms with Crippen LogP contribution < -0.4 is 5.73 Å². The Balaban J connectivity index is 2.27. The highest BCUT2D eigenvalue weighted by Crippen LogP contribution is 2.30. The van der Waals surface area contributed by atoms with E-state index in [1.54, 1.807) is 0 Å². The van der Waals surface area contributed by atoms with Crippen molar-refractivity contribution in [3.63, 3.8) is 0 Å². The molecule has 1 aromatic rings. The van der Waals surface area contributed by atoms with E-state index in [9.17, 15) is 0 Å². The molecule has 1 aromatic heterocycles. The molecule has 1 atom stereocenters. The fraction of sp³-hybridized carbons (Fsp3) is 0.800. The minimum Gasteiger partial charge on any atom is -0.328 e. The maximum absolute atomic E-state index is 5.80. The zero-order valence-corrected chi connectivity index (χ0v) is 9.89. The Morgan fingerprint density at radius 1 is 1.60 bits per heavy atom. The Morgan fingerprint density at radius 2 is 2.27 bits per heavy atom. The quantitative estimate of drug-likeness (QED) is 0.774. The number of nitrogens with two attached hydrogens (primary N) is 1. The van der Waals surface area contributed by atoms with E-state index in [2.05, 4.69) is 14.8 Å². The second kappa shape index (κ2) is 4.45. The highest BCUT2D eigenvalue weighted by molar-refractivity contribution is 7.71. The fourth-order valence-electron chi connectivity index (χ4n) is 2.31. The molecule has 1 unspecified atom stereocenters. The molecule has 0 amide bonds. The smallest absolute Gasteiger partial charge is 0.195 e. The van der Waals surface area contributed by atoms with Gasteiger partial charge in [-0.05, 0) is 32.0 Å². The third-order valence-corrected chi connectivity index (χ3v) is 3.26. The van der Waals surface area contributed by atoms with Crippen molar-refractivity contribution in [2.75, 3.05) is 0 Å². The maximum atomic E-state index is 5.80. The van der Waals surface area contributed by atoms with Gasteiger partial charge in [0.05, 0.1) is 0 Å². The minimum atomic E-state index is 0.135.